The quantitative estimate of drug-likeness (QED) is 0.414. The highest BCUT2D eigenvalue weighted by Crippen LogP contribution is 2.34. The Morgan fingerprint density at radius 1 is 1.73 bits per heavy atom. The van der Waals surface area contributed by atoms with Crippen LogP contribution in [0.3, 0.4) is 0 Å². The summed E-state index contributed by atoms with van der Waals surface area (Å²) in [7, 11) is 0.666. The Kier molecular flexibility index (Phi) is 2.67. The maximum absolute atomic E-state index is 10.6. The van der Waals surface area contributed by atoms with Crippen molar-refractivity contribution in [3.63, 3.8) is 0 Å². The molecule has 0 amide bonds. The second-order valence-corrected chi connectivity index (χ2v) is 5.20. The summed E-state index contributed by atoms with van der Waals surface area (Å²) in [5.74, 6) is -1.45. The third-order valence-electron chi connectivity index (χ3n) is 1.07. The van der Waals surface area contributed by atoms with Crippen molar-refractivity contribution in [1.82, 2.24) is 0 Å². The van der Waals surface area contributed by atoms with Crippen LogP contribution in [0.1, 0.15) is 0 Å². The van der Waals surface area contributed by atoms with Crippen LogP contribution in [0.15, 0.2) is 0 Å². The highest BCUT2D eigenvalue weighted by molar-refractivity contribution is 7.50. The van der Waals surface area contributed by atoms with Gasteiger partial charge in [0.15, 0.2) is 13.4 Å². The molecular weight excluding hydrogens is 169 g/mol. The molecule has 0 aromatic heterocycles. The highest BCUT2D eigenvalue weighted by Gasteiger charge is 2.23. The number of quaternary nitrogens is 1. The van der Waals surface area contributed by atoms with Gasteiger partial charge in [0.05, 0.1) is 21.1 Å². The zero-order valence-electron chi connectivity index (χ0n) is 7.85. The molecule has 68 valence electrons. The third-order valence-corrected chi connectivity index (χ3v) is 1.96. The molecule has 0 heterocycles. The lowest BCUT2D eigenvalue weighted by molar-refractivity contribution is -0.872. The van der Waals surface area contributed by atoms with E-state index in [-0.39, 0.29) is 6.54 Å². The van der Waals surface area contributed by atoms with Gasteiger partial charge in [0.1, 0.15) is 6.54 Å². The van der Waals surface area contributed by atoms with Crippen LogP contribution in [0.25, 0.3) is 0 Å². The Morgan fingerprint density at radius 3 is 2.27 bits per heavy atom. The van der Waals surface area contributed by atoms with Gasteiger partial charge in [-0.2, -0.15) is 0 Å². The van der Waals surface area contributed by atoms with Crippen molar-refractivity contribution < 1.29 is 23.9 Å². The van der Waals surface area contributed by atoms with Crippen molar-refractivity contribution in [2.75, 3.05) is 27.7 Å². The van der Waals surface area contributed by atoms with E-state index in [0.717, 1.165) is 0 Å². The predicted molar refractivity (Wildman–Crippen MR) is 38.7 cm³/mol. The summed E-state index contributed by atoms with van der Waals surface area (Å²) in [6.45, 7) is 0.0424. The summed E-state index contributed by atoms with van der Waals surface area (Å²) in [5.41, 5.74) is 0. The summed E-state index contributed by atoms with van der Waals surface area (Å²) < 4.78 is 17.3. The zero-order chi connectivity index (χ0) is 9.99. The topological polar surface area (TPSA) is 80.6 Å². The molecule has 0 aliphatic carbocycles. The molecule has 2 unspecified atom stereocenters. The Hall–Kier alpha value is 0.0700. The molecule has 0 aromatic carbocycles. The second kappa shape index (κ2) is 3.21. The molecule has 0 aromatic rings. The molecule has 0 aliphatic rings. The zero-order valence-corrected chi connectivity index (χ0v) is 7.75. The molecule has 0 rings (SSSR count). The van der Waals surface area contributed by atoms with E-state index < -0.39 is 13.4 Å². The second-order valence-electron chi connectivity index (χ2n) is 3.49. The number of hydrogen-bond donors (Lipinski definition) is 2. The normalized spacial score (nSPS) is 22.1. The monoisotopic (exact) mass is 184 g/mol. The molecular formula is C5H14NO4P. The van der Waals surface area contributed by atoms with Crippen LogP contribution < -0.4 is 4.89 Å². The smallest absolute Gasteiger partial charge is 0.211 e. The first-order valence-electron chi connectivity index (χ1n) is 3.53. The molecule has 0 aliphatic heterocycles. The fourth-order valence-corrected chi connectivity index (χ4v) is 1.27. The standard InChI is InChI=1S/C5H14NO4P/c1-6(2,3)4-5(7)11(8,9)10/h5,7H,4H2,1-3H3,(H-,8,9,10)/i7D. The number of rotatable bonds is 4. The average molecular weight is 184 g/mol. The Labute approximate surface area is 67.5 Å². The maximum Gasteiger partial charge on any atom is 0.211 e. The molecule has 6 heteroatoms. The fraction of sp³-hybridized carbons (Fsp3) is 1.00. The molecule has 2 N–H and O–H groups in total. The molecule has 0 radical (unpaired) electrons. The van der Waals surface area contributed by atoms with Crippen molar-refractivity contribution in [2.24, 2.45) is 0 Å². The summed E-state index contributed by atoms with van der Waals surface area (Å²) in [4.78, 5) is 19.2. The molecule has 11 heavy (non-hydrogen) atoms. The summed E-state index contributed by atoms with van der Waals surface area (Å²) >= 11 is 0. The van der Waals surface area contributed by atoms with Crippen LogP contribution in [0.2, 0.25) is 0 Å². The Bertz CT molecular complexity index is 186. The van der Waals surface area contributed by atoms with E-state index in [4.69, 9.17) is 6.32 Å². The van der Waals surface area contributed by atoms with E-state index in [1.54, 1.807) is 21.1 Å². The number of aliphatic hydroxyl groups excluding tert-OH is 1. The molecule has 0 spiro atoms. The number of aliphatic hydroxyl groups is 1. The van der Waals surface area contributed by atoms with Gasteiger partial charge in [-0.1, -0.05) is 0 Å². The minimum Gasteiger partial charge on any atom is -0.777 e. The summed E-state index contributed by atoms with van der Waals surface area (Å²) in [6.07, 6.45) is 0. The van der Waals surface area contributed by atoms with Crippen LogP contribution in [0.4, 0.5) is 0 Å². The number of likely N-dealkylation sites (N-methyl/N-ethyl adjacent to an activating group) is 1. The van der Waals surface area contributed by atoms with Gasteiger partial charge in [-0.05, 0) is 0 Å². The van der Waals surface area contributed by atoms with Crippen molar-refractivity contribution in [2.45, 2.75) is 5.85 Å². The van der Waals surface area contributed by atoms with Crippen LogP contribution in [0, 0.1) is 0 Å². The molecule has 2 atom stereocenters. The van der Waals surface area contributed by atoms with Gasteiger partial charge < -0.3 is 23.9 Å². The van der Waals surface area contributed by atoms with E-state index in [1.807, 2.05) is 0 Å². The van der Waals surface area contributed by atoms with Crippen LogP contribution in [0.5, 0.6) is 0 Å². The lowest BCUT2D eigenvalue weighted by Gasteiger charge is -2.30. The van der Waals surface area contributed by atoms with E-state index >= 15 is 0 Å². The van der Waals surface area contributed by atoms with Crippen molar-refractivity contribution in [3.05, 3.63) is 0 Å². The first kappa shape index (κ1) is 9.16. The fourth-order valence-electron chi connectivity index (χ4n) is 0.572. The largest absolute Gasteiger partial charge is 0.777 e. The predicted octanol–water partition coefficient (Wildman–Crippen LogP) is -1.44. The van der Waals surface area contributed by atoms with Gasteiger partial charge in [-0.25, -0.2) is 0 Å². The molecule has 0 saturated carbocycles. The minimum absolute atomic E-state index is 0.0424. The molecule has 0 bridgehead atoms. The first-order valence-corrected chi connectivity index (χ1v) is 4.77. The molecule has 5 nitrogen and oxygen atoms in total. The maximum atomic E-state index is 10.6. The van der Waals surface area contributed by atoms with Gasteiger partial charge in [0.2, 0.25) is 1.43 Å². The Balaban J connectivity index is 4.30. The van der Waals surface area contributed by atoms with Crippen molar-refractivity contribution >= 4 is 7.60 Å². The van der Waals surface area contributed by atoms with E-state index in [9.17, 15) is 9.46 Å². The van der Waals surface area contributed by atoms with Gasteiger partial charge in [-0.3, -0.25) is 0 Å². The van der Waals surface area contributed by atoms with Gasteiger partial charge >= 0.3 is 0 Å². The van der Waals surface area contributed by atoms with Crippen LogP contribution in [-0.4, -0.2) is 49.4 Å². The van der Waals surface area contributed by atoms with Crippen LogP contribution in [-0.2, 0) is 4.57 Å². The lowest BCUT2D eigenvalue weighted by Crippen LogP contribution is -2.42. The van der Waals surface area contributed by atoms with E-state index in [2.05, 4.69) is 5.11 Å². The minimum atomic E-state index is -4.55. The summed E-state index contributed by atoms with van der Waals surface area (Å²) in [6, 6.07) is 0. The van der Waals surface area contributed by atoms with Gasteiger partial charge in [-0.15, -0.1) is 0 Å². The average Bonchev–Trinajstić information content (AvgIpc) is 1.78. The number of nitrogens with zero attached hydrogens (tertiary/aromatic N) is 1. The highest BCUT2D eigenvalue weighted by atomic mass is 31.2. The summed E-state index contributed by atoms with van der Waals surface area (Å²) in [5, 5.41) is 3.90. The van der Waals surface area contributed by atoms with Crippen LogP contribution >= 0.6 is 7.60 Å². The van der Waals surface area contributed by atoms with Gasteiger partial charge in [0.25, 0.3) is 0 Å². The third kappa shape index (κ3) is 5.35. The van der Waals surface area contributed by atoms with E-state index in [1.165, 1.54) is 0 Å². The van der Waals surface area contributed by atoms with Crippen molar-refractivity contribution in [1.29, 1.82) is 1.43 Å². The number of hydrogen-bond acceptors (Lipinski definition) is 3. The van der Waals surface area contributed by atoms with Crippen molar-refractivity contribution in [3.8, 4) is 0 Å². The Morgan fingerprint density at radius 2 is 2.18 bits per heavy atom. The SMILES string of the molecule is [2H]OC(C[N+](C)(C)C)P(=O)([O-])O. The molecule has 0 fully saturated rings. The van der Waals surface area contributed by atoms with Gasteiger partial charge in [0, 0.05) is 0 Å². The lowest BCUT2D eigenvalue weighted by atomic mass is 10.5. The molecule has 0 saturated heterocycles. The van der Waals surface area contributed by atoms with E-state index in [0.29, 0.717) is 4.48 Å². The first-order chi connectivity index (χ1) is 5.17.